The molecule has 0 saturated heterocycles. The summed E-state index contributed by atoms with van der Waals surface area (Å²) in [6.07, 6.45) is 0. The molecule has 0 radical (unpaired) electrons. The first-order valence-electron chi connectivity index (χ1n) is 4.35. The fraction of sp³-hybridized carbons (Fsp3) is 0.364. The van der Waals surface area contributed by atoms with Crippen molar-refractivity contribution in [2.75, 3.05) is 0 Å². The summed E-state index contributed by atoms with van der Waals surface area (Å²) in [6.45, 7) is 4.47. The maximum absolute atomic E-state index is 12.7. The Bertz CT molecular complexity index is 364. The maximum atomic E-state index is 12.7. The Kier molecular flexibility index (Phi) is 2.71. The van der Waals surface area contributed by atoms with Crippen molar-refractivity contribution in [1.82, 2.24) is 0 Å². The second kappa shape index (κ2) is 3.50. The minimum atomic E-state index is -1.41. The summed E-state index contributed by atoms with van der Waals surface area (Å²) in [5, 5.41) is 9.49. The second-order valence-corrected chi connectivity index (χ2v) is 3.85. The van der Waals surface area contributed by atoms with Gasteiger partial charge in [-0.3, -0.25) is 4.79 Å². The van der Waals surface area contributed by atoms with E-state index in [2.05, 4.69) is 0 Å². The Labute approximate surface area is 82.4 Å². The van der Waals surface area contributed by atoms with E-state index in [-0.39, 0.29) is 5.82 Å². The van der Waals surface area contributed by atoms with Crippen LogP contribution < -0.4 is 0 Å². The molecule has 0 aliphatic rings. The van der Waals surface area contributed by atoms with Crippen LogP contribution in [0.15, 0.2) is 18.2 Å². The van der Waals surface area contributed by atoms with E-state index >= 15 is 0 Å². The van der Waals surface area contributed by atoms with Crippen LogP contribution in [0.25, 0.3) is 0 Å². The van der Waals surface area contributed by atoms with Crippen molar-refractivity contribution in [3.63, 3.8) is 0 Å². The molecule has 0 aromatic heterocycles. The molecule has 1 rings (SSSR count). The number of rotatable bonds is 2. The smallest absolute Gasteiger partial charge is 0.194 e. The quantitative estimate of drug-likeness (QED) is 0.735. The third-order valence-electron chi connectivity index (χ3n) is 1.99. The zero-order chi connectivity index (χ0) is 10.9. The Morgan fingerprint density at radius 1 is 1.43 bits per heavy atom. The SMILES string of the molecule is Cc1cc(F)ccc1C(=O)C(C)(C)O. The Hall–Kier alpha value is -1.22. The number of hydrogen-bond acceptors (Lipinski definition) is 2. The number of benzene rings is 1. The van der Waals surface area contributed by atoms with Crippen molar-refractivity contribution in [1.29, 1.82) is 0 Å². The number of aliphatic hydroxyl groups is 1. The van der Waals surface area contributed by atoms with E-state index in [0.29, 0.717) is 11.1 Å². The highest BCUT2D eigenvalue weighted by molar-refractivity contribution is 6.02. The predicted molar refractivity (Wildman–Crippen MR) is 51.8 cm³/mol. The third-order valence-corrected chi connectivity index (χ3v) is 1.99. The zero-order valence-corrected chi connectivity index (χ0v) is 8.47. The molecule has 0 spiro atoms. The summed E-state index contributed by atoms with van der Waals surface area (Å²) in [7, 11) is 0. The van der Waals surface area contributed by atoms with Gasteiger partial charge >= 0.3 is 0 Å². The number of Topliss-reactive ketones (excluding diaryl/α,β-unsaturated/α-hetero) is 1. The van der Waals surface area contributed by atoms with Crippen LogP contribution in [0.5, 0.6) is 0 Å². The van der Waals surface area contributed by atoms with Gasteiger partial charge in [0.2, 0.25) is 0 Å². The first kappa shape index (κ1) is 10.9. The average Bonchev–Trinajstić information content (AvgIpc) is 2.01. The van der Waals surface area contributed by atoms with Gasteiger partial charge in [0, 0.05) is 5.56 Å². The van der Waals surface area contributed by atoms with Crippen molar-refractivity contribution in [2.45, 2.75) is 26.4 Å². The first-order chi connectivity index (χ1) is 6.32. The Morgan fingerprint density at radius 2 is 2.00 bits per heavy atom. The summed E-state index contributed by atoms with van der Waals surface area (Å²) in [6, 6.07) is 3.88. The Balaban J connectivity index is 3.15. The molecule has 0 amide bonds. The molecule has 3 heteroatoms. The van der Waals surface area contributed by atoms with Gasteiger partial charge in [-0.15, -0.1) is 0 Å². The van der Waals surface area contributed by atoms with Gasteiger partial charge < -0.3 is 5.11 Å². The predicted octanol–water partition coefficient (Wildman–Crippen LogP) is 2.09. The lowest BCUT2D eigenvalue weighted by atomic mass is 9.94. The summed E-state index contributed by atoms with van der Waals surface area (Å²) in [5.41, 5.74) is -0.515. The van der Waals surface area contributed by atoms with Crippen LogP contribution >= 0.6 is 0 Å². The molecule has 0 atom stereocenters. The lowest BCUT2D eigenvalue weighted by Gasteiger charge is -2.16. The first-order valence-corrected chi connectivity index (χ1v) is 4.35. The van der Waals surface area contributed by atoms with E-state index in [9.17, 15) is 14.3 Å². The molecule has 0 aliphatic carbocycles. The topological polar surface area (TPSA) is 37.3 Å². The highest BCUT2D eigenvalue weighted by Crippen LogP contribution is 2.17. The molecule has 76 valence electrons. The molecule has 0 bridgehead atoms. The molecule has 1 aromatic rings. The van der Waals surface area contributed by atoms with Gasteiger partial charge in [0.05, 0.1) is 0 Å². The van der Waals surface area contributed by atoms with Crippen LogP contribution in [-0.4, -0.2) is 16.5 Å². The van der Waals surface area contributed by atoms with Gasteiger partial charge in [-0.1, -0.05) is 0 Å². The highest BCUT2D eigenvalue weighted by atomic mass is 19.1. The van der Waals surface area contributed by atoms with Crippen molar-refractivity contribution >= 4 is 5.78 Å². The monoisotopic (exact) mass is 196 g/mol. The fourth-order valence-electron chi connectivity index (χ4n) is 1.21. The summed E-state index contributed by atoms with van der Waals surface area (Å²) in [4.78, 5) is 11.6. The van der Waals surface area contributed by atoms with E-state index in [1.54, 1.807) is 6.92 Å². The fourth-order valence-corrected chi connectivity index (χ4v) is 1.21. The average molecular weight is 196 g/mol. The lowest BCUT2D eigenvalue weighted by Crippen LogP contribution is -2.31. The van der Waals surface area contributed by atoms with Crippen LogP contribution in [0, 0.1) is 12.7 Å². The number of carbonyl (C=O) groups excluding carboxylic acids is 1. The zero-order valence-electron chi connectivity index (χ0n) is 8.47. The summed E-state index contributed by atoms with van der Waals surface area (Å²) in [5.74, 6) is -0.773. The number of halogens is 1. The molecule has 1 N–H and O–H groups in total. The van der Waals surface area contributed by atoms with Crippen LogP contribution in [-0.2, 0) is 0 Å². The standard InChI is InChI=1S/C11H13FO2/c1-7-6-8(12)4-5-9(7)10(13)11(2,3)14/h4-6,14H,1-3H3. The van der Waals surface area contributed by atoms with Gasteiger partial charge in [-0.2, -0.15) is 0 Å². The van der Waals surface area contributed by atoms with Crippen molar-refractivity contribution in [3.05, 3.63) is 35.1 Å². The van der Waals surface area contributed by atoms with E-state index in [0.717, 1.165) is 0 Å². The van der Waals surface area contributed by atoms with Gasteiger partial charge in [0.15, 0.2) is 5.78 Å². The minimum Gasteiger partial charge on any atom is -0.382 e. The molecule has 0 fully saturated rings. The number of ketones is 1. The van der Waals surface area contributed by atoms with Crippen LogP contribution in [0.1, 0.15) is 29.8 Å². The molecule has 0 saturated carbocycles. The summed E-state index contributed by atoms with van der Waals surface area (Å²) >= 11 is 0. The molecular weight excluding hydrogens is 183 g/mol. The highest BCUT2D eigenvalue weighted by Gasteiger charge is 2.26. The molecular formula is C11H13FO2. The van der Waals surface area contributed by atoms with Crippen LogP contribution in [0.2, 0.25) is 0 Å². The van der Waals surface area contributed by atoms with E-state index in [4.69, 9.17) is 0 Å². The van der Waals surface area contributed by atoms with E-state index < -0.39 is 11.4 Å². The van der Waals surface area contributed by atoms with E-state index in [1.807, 2.05) is 0 Å². The summed E-state index contributed by atoms with van der Waals surface area (Å²) < 4.78 is 12.7. The van der Waals surface area contributed by atoms with Gasteiger partial charge in [-0.25, -0.2) is 4.39 Å². The van der Waals surface area contributed by atoms with Crippen LogP contribution in [0.4, 0.5) is 4.39 Å². The maximum Gasteiger partial charge on any atom is 0.194 e. The number of aryl methyl sites for hydroxylation is 1. The second-order valence-electron chi connectivity index (χ2n) is 3.85. The van der Waals surface area contributed by atoms with E-state index in [1.165, 1.54) is 32.0 Å². The molecule has 14 heavy (non-hydrogen) atoms. The number of carbonyl (C=O) groups is 1. The molecule has 0 aliphatic heterocycles. The molecule has 0 unspecified atom stereocenters. The lowest BCUT2D eigenvalue weighted by molar-refractivity contribution is 0.0487. The van der Waals surface area contributed by atoms with Gasteiger partial charge in [0.1, 0.15) is 11.4 Å². The molecule has 1 aromatic carbocycles. The largest absolute Gasteiger partial charge is 0.382 e. The third kappa shape index (κ3) is 2.17. The molecule has 2 nitrogen and oxygen atoms in total. The normalized spacial score (nSPS) is 11.5. The van der Waals surface area contributed by atoms with Crippen molar-refractivity contribution in [3.8, 4) is 0 Å². The van der Waals surface area contributed by atoms with Crippen LogP contribution in [0.3, 0.4) is 0 Å². The minimum absolute atomic E-state index is 0.360. The number of hydrogen-bond donors (Lipinski definition) is 1. The van der Waals surface area contributed by atoms with Crippen molar-refractivity contribution in [2.24, 2.45) is 0 Å². The van der Waals surface area contributed by atoms with Gasteiger partial charge in [0.25, 0.3) is 0 Å². The van der Waals surface area contributed by atoms with Gasteiger partial charge in [-0.05, 0) is 44.5 Å². The molecule has 0 heterocycles. The Morgan fingerprint density at radius 3 is 2.43 bits per heavy atom. The van der Waals surface area contributed by atoms with Crippen molar-refractivity contribution < 1.29 is 14.3 Å².